The van der Waals surface area contributed by atoms with Crippen molar-refractivity contribution < 1.29 is 122 Å². The van der Waals surface area contributed by atoms with Crippen LogP contribution in [0.5, 0.6) is 0 Å². The zero-order chi connectivity index (χ0) is 98.2. The van der Waals surface area contributed by atoms with Gasteiger partial charge in [-0.15, -0.1) is 13.2 Å². The molecular formula is C86H140F3N9O29SSi3. The topological polar surface area (TPSA) is 520 Å². The van der Waals surface area contributed by atoms with Crippen LogP contribution in [0.15, 0.2) is 127 Å². The number of hydrogen-bond acceptors (Lipinski definition) is 31. The number of nitrogens with zero attached hydrogens (tertiary/aromatic N) is 4. The number of aromatic amines is 3. The van der Waals surface area contributed by atoms with Gasteiger partial charge in [-0.05, 0) is 162 Å². The lowest BCUT2D eigenvalue weighted by molar-refractivity contribution is -0.197. The second-order valence-electron chi connectivity index (χ2n) is 35.4. The van der Waals surface area contributed by atoms with Crippen molar-refractivity contribution in [3.63, 3.8) is 0 Å². The van der Waals surface area contributed by atoms with Crippen molar-refractivity contribution in [1.29, 1.82) is 0 Å². The summed E-state index contributed by atoms with van der Waals surface area (Å²) in [6.07, 6.45) is 5.57. The monoisotopic (exact) mass is 1940 g/mol. The molecule has 10 rings (SSSR count). The van der Waals surface area contributed by atoms with Crippen molar-refractivity contribution in [2.24, 2.45) is 28.3 Å². The van der Waals surface area contributed by atoms with Crippen molar-refractivity contribution in [2.75, 3.05) is 0 Å². The van der Waals surface area contributed by atoms with Crippen LogP contribution in [0.3, 0.4) is 0 Å². The number of aryl methyl sites for hydroxylation is 3. The molecule has 1 amide bonds. The first-order valence-electron chi connectivity index (χ1n) is 41.2. The number of aromatic nitrogens is 6. The number of fused-ring (bicyclic) bond motifs is 2. The summed E-state index contributed by atoms with van der Waals surface area (Å²) in [6.45, 7) is 57.4. The number of allylic oxidation sites excluding steroid dienone is 2. The molecule has 8 heterocycles. The second kappa shape index (κ2) is 48.5. The number of amides is 1. The molecule has 4 saturated heterocycles. The normalized spacial score (nSPS) is 28.0. The molecular weight excluding hydrogens is 1800 g/mol. The molecule has 3 aromatic heterocycles. The number of H-pyrrole nitrogens is 3. The highest BCUT2D eigenvalue weighted by Gasteiger charge is 2.64. The Morgan fingerprint density at radius 1 is 0.557 bits per heavy atom. The van der Waals surface area contributed by atoms with Gasteiger partial charge in [0.05, 0.1) is 18.3 Å². The summed E-state index contributed by atoms with van der Waals surface area (Å²) < 4.78 is 123. The maximum Gasteiger partial charge on any atom is 0.522 e. The Morgan fingerprint density at radius 2 is 0.893 bits per heavy atom. The molecule has 6 fully saturated rings. The number of halogens is 3. The first kappa shape index (κ1) is 120. The van der Waals surface area contributed by atoms with Gasteiger partial charge in [0.25, 0.3) is 22.6 Å². The van der Waals surface area contributed by atoms with Gasteiger partial charge in [-0.1, -0.05) is 94.0 Å². The van der Waals surface area contributed by atoms with Crippen LogP contribution in [0, 0.1) is 44.4 Å². The third-order valence-corrected chi connectivity index (χ3v) is 26.0. The molecule has 0 spiro atoms. The molecule has 5 aliphatic heterocycles. The molecule has 9 N–H and O–H groups in total. The van der Waals surface area contributed by atoms with Gasteiger partial charge in [0.1, 0.15) is 23.1 Å². The summed E-state index contributed by atoms with van der Waals surface area (Å²) in [6, 6.07) is 0. The molecule has 0 aromatic carbocycles. The lowest BCUT2D eigenvalue weighted by Crippen LogP contribution is -2.53. The van der Waals surface area contributed by atoms with E-state index in [-0.39, 0.29) is 57.4 Å². The summed E-state index contributed by atoms with van der Waals surface area (Å²) in [5.74, 6) is -1.85. The number of alkyl halides is 3. The van der Waals surface area contributed by atoms with Crippen LogP contribution in [0.25, 0.3) is 0 Å². The molecule has 742 valence electrons. The number of aliphatic hydroxyl groups is 4. The van der Waals surface area contributed by atoms with E-state index < -0.39 is 200 Å². The Morgan fingerprint density at radius 3 is 1.19 bits per heavy atom. The van der Waals surface area contributed by atoms with Gasteiger partial charge in [-0.25, -0.2) is 14.4 Å². The third-order valence-electron chi connectivity index (χ3n) is 20.6. The lowest BCUT2D eigenvalue weighted by Gasteiger charge is -2.39. The molecule has 0 bridgehead atoms. The molecule has 38 nitrogen and oxygen atoms in total. The Balaban J connectivity index is 0.000000781. The molecule has 2 saturated carbocycles. The summed E-state index contributed by atoms with van der Waals surface area (Å²) in [5, 5.41) is 49.6. The van der Waals surface area contributed by atoms with Crippen LogP contribution in [-0.2, 0) is 89.8 Å². The first-order chi connectivity index (χ1) is 58.6. The number of rotatable bonds is 20. The van der Waals surface area contributed by atoms with Crippen LogP contribution >= 0.6 is 0 Å². The first-order valence-corrected chi connectivity index (χ1v) is 52.9. The Kier molecular flexibility index (Phi) is 44.3. The van der Waals surface area contributed by atoms with E-state index >= 15 is 0 Å². The minimum atomic E-state index is -5.39. The van der Waals surface area contributed by atoms with Gasteiger partial charge < -0.3 is 82.0 Å². The zero-order valence-corrected chi connectivity index (χ0v) is 80.7. The van der Waals surface area contributed by atoms with Crippen molar-refractivity contribution in [3.8, 4) is 0 Å². The van der Waals surface area contributed by atoms with E-state index in [9.17, 15) is 99.5 Å². The Bertz CT molecular complexity index is 4960. The van der Waals surface area contributed by atoms with Gasteiger partial charge in [0.2, 0.25) is 22.9 Å². The number of hydrogen-bond donors (Lipinski definition) is 9. The molecule has 131 heavy (non-hydrogen) atoms. The SMILES string of the molecule is C.C.C.C=C1NC=C(C)C(=O)N1.C=CC[C@@H](C)[C@@H]1OC(OC(C)=O)[C@H](OC(C)=O)[C@@]1(O)C=C.C=CC[C@@H](C)[C@@H]1O[C@@H](n2cc(C)c(=O)[nH]c2=O)[C@H](OC(C)=O)[C@@]1(O)C=C.CC(=N[Si](C)(C)C)O[Si](C)(C)C.CC(=O)O[C@H]1[C@H](n2cc(C)c(=O)[nH]c2=O)O[C@H]2[C@H](C)CCC[C@@]21O.CC(=O)O[C@H]1[C@H](n2cc(C)c(=O)[nH]c2=O)O[C@H]2[C@H](C)CCC[C@@]21O.C[Si](C)(C)OS(=O)(=O)C(F)(F)F. The van der Waals surface area contributed by atoms with Gasteiger partial charge in [0.15, 0.2) is 68.4 Å². The van der Waals surface area contributed by atoms with Gasteiger partial charge in [0, 0.05) is 88.6 Å². The fraction of sp³-hybridized carbons (Fsp3) is 0.640. The predicted molar refractivity (Wildman–Crippen MR) is 491 cm³/mol. The summed E-state index contributed by atoms with van der Waals surface area (Å²) >= 11 is 0. The molecule has 3 aromatic rings. The molecule has 2 aliphatic carbocycles. The van der Waals surface area contributed by atoms with Gasteiger partial charge in [-0.2, -0.15) is 21.6 Å². The smallest absolute Gasteiger partial charge is 0.522 e. The standard InChI is InChI=1S/C18H24N2O6.2C16H22N2O6.C15H22O6.C8H21NOSi2.C6H8N2O.C4H9F3O3SSi.3CH4/c1-6-8-10(3)13-18(24,7-2)14(25-12(5)21)16(26-13)20-9-11(4)15(22)19-17(20)23;2*1-8-5-4-6-16(22)11(8)24-14(12(16)23-10(3)19)18-7-9(2)13(20)17-15(18)21;1-6-8-9(3)12-15(18,7-2)13(19-10(4)16)14(21-12)20-11(5)17;1-8(9-11(2,3)4)10-12(5,6)7;1-4-3-7-5(2)8-6(4)9;1-12(2,3)10-11(8,9)4(5,6)7;;;/h6-7,9-10,13-14,16,24H,1-2,8H2,3-5H3,(H,19,22,23);2*7-8,11-12,14,22H,4-6H2,1-3H3,(H,17,20,21);6-7,9,12-14,18H,1-2,8H2,3-5H3;1-7H3;3,7H,2H2,1H3,(H,8,9);1-3H3;3*1H4/t10-,13+,14+,16-,18-;2*8-,11+,12+,14-,16-;9-,12+,13+,14?,15-;;;;;;/m1111....../s1. The van der Waals surface area contributed by atoms with Crippen LogP contribution in [0.4, 0.5) is 13.2 Å². The van der Waals surface area contributed by atoms with Crippen LogP contribution < -0.4 is 44.4 Å². The number of carbonyl (C=O) groups is 6. The minimum Gasteiger partial charge on any atom is -0.535 e. The fourth-order valence-corrected chi connectivity index (χ4v) is 20.3. The highest BCUT2D eigenvalue weighted by molar-refractivity contribution is 7.88. The quantitative estimate of drug-likeness (QED) is 0.00966. The highest BCUT2D eigenvalue weighted by Crippen LogP contribution is 2.51. The summed E-state index contributed by atoms with van der Waals surface area (Å²) in [5.41, 5.74) is -13.3. The fourth-order valence-electron chi connectivity index (χ4n) is 15.3. The second-order valence-corrected chi connectivity index (χ2v) is 50.6. The van der Waals surface area contributed by atoms with Crippen molar-refractivity contribution in [3.05, 3.63) is 173 Å². The van der Waals surface area contributed by atoms with E-state index in [2.05, 4.69) is 106 Å². The van der Waals surface area contributed by atoms with Crippen molar-refractivity contribution in [2.45, 2.75) is 331 Å². The average molecular weight is 1940 g/mol. The number of ether oxygens (including phenoxy) is 9. The lowest BCUT2D eigenvalue weighted by atomic mass is 9.74. The van der Waals surface area contributed by atoms with Crippen molar-refractivity contribution >= 4 is 76.6 Å². The van der Waals surface area contributed by atoms with E-state index in [0.717, 1.165) is 36.1 Å². The average Bonchev–Trinajstić information content (AvgIpc) is 1.60. The van der Waals surface area contributed by atoms with Gasteiger partial charge >= 0.3 is 62.5 Å². The maximum atomic E-state index is 12.3. The maximum absolute atomic E-state index is 12.3. The predicted octanol–water partition coefficient (Wildman–Crippen LogP) is 9.36. The summed E-state index contributed by atoms with van der Waals surface area (Å²) in [7, 11) is -10.9. The minimum absolute atomic E-state index is 0. The van der Waals surface area contributed by atoms with E-state index in [4.69, 9.17) is 47.1 Å². The van der Waals surface area contributed by atoms with Crippen LogP contribution in [0.1, 0.15) is 185 Å². The zero-order valence-electron chi connectivity index (χ0n) is 76.9. The van der Waals surface area contributed by atoms with E-state index in [1.807, 2.05) is 34.6 Å². The van der Waals surface area contributed by atoms with Crippen LogP contribution in [0.2, 0.25) is 58.9 Å². The largest absolute Gasteiger partial charge is 0.535 e. The van der Waals surface area contributed by atoms with Gasteiger partial charge in [-0.3, -0.25) is 76.5 Å². The highest BCUT2D eigenvalue weighted by atomic mass is 32.2. The van der Waals surface area contributed by atoms with E-state index in [1.165, 1.54) is 101 Å². The number of nitrogens with one attached hydrogen (secondary N) is 5. The molecule has 7 aliphatic rings. The number of esters is 5. The van der Waals surface area contributed by atoms with E-state index in [0.29, 0.717) is 48.2 Å². The third kappa shape index (κ3) is 31.9. The van der Waals surface area contributed by atoms with Crippen molar-refractivity contribution in [1.82, 2.24) is 39.3 Å². The Hall–Kier alpha value is -9.40. The number of carbonyl (C=O) groups excluding carboxylic acids is 6. The van der Waals surface area contributed by atoms with Crippen LogP contribution in [-0.4, -0.2) is 207 Å². The molecule has 1 unspecified atom stereocenters. The van der Waals surface area contributed by atoms with E-state index in [1.54, 1.807) is 39.1 Å². The Labute approximate surface area is 766 Å². The molecule has 20 atom stereocenters. The molecule has 45 heteroatoms. The summed E-state index contributed by atoms with van der Waals surface area (Å²) in [4.78, 5) is 146. The molecule has 0 radical (unpaired) electrons.